The van der Waals surface area contributed by atoms with Gasteiger partial charge in [-0.1, -0.05) is 39.0 Å². The fourth-order valence-corrected chi connectivity index (χ4v) is 3.23. The maximum absolute atomic E-state index is 5.56. The van der Waals surface area contributed by atoms with Crippen molar-refractivity contribution in [2.75, 3.05) is 14.2 Å². The largest absolute Gasteiger partial charge is 0.493 e. The summed E-state index contributed by atoms with van der Waals surface area (Å²) in [6.07, 6.45) is 0. The Morgan fingerprint density at radius 1 is 1.00 bits per heavy atom. The zero-order chi connectivity index (χ0) is 21.2. The summed E-state index contributed by atoms with van der Waals surface area (Å²) in [5.41, 5.74) is 15.1. The minimum absolute atomic E-state index is 0.0283. The smallest absolute Gasteiger partial charge is 0.186 e. The zero-order valence-electron chi connectivity index (χ0n) is 17.6. The standard InChI is InChI=1S/C23H28N4O2/c1-23(2,3)16-8-6-7-14(9-16)18-10-15-11-20(28-4)21(29-5)12-17(15)19(27-18)13-26-22(24)25/h6-12H,13H2,1-5H3,(H4,24,25,26). The van der Waals surface area contributed by atoms with Gasteiger partial charge in [0.15, 0.2) is 17.5 Å². The van der Waals surface area contributed by atoms with Crippen LogP contribution in [-0.2, 0) is 12.0 Å². The SMILES string of the molecule is COc1cc2cc(-c3cccc(C(C)(C)C)c3)nc(CN=C(N)N)c2cc1OC. The van der Waals surface area contributed by atoms with Crippen LogP contribution in [0.3, 0.4) is 0 Å². The molecule has 1 heterocycles. The van der Waals surface area contributed by atoms with Crippen LogP contribution in [0.5, 0.6) is 11.5 Å². The van der Waals surface area contributed by atoms with Gasteiger partial charge in [0.1, 0.15) is 0 Å². The number of guanidine groups is 1. The van der Waals surface area contributed by atoms with Gasteiger partial charge >= 0.3 is 0 Å². The number of hydrogen-bond donors (Lipinski definition) is 2. The van der Waals surface area contributed by atoms with Crippen LogP contribution >= 0.6 is 0 Å². The van der Waals surface area contributed by atoms with E-state index in [1.54, 1.807) is 14.2 Å². The molecule has 1 aromatic heterocycles. The molecule has 29 heavy (non-hydrogen) atoms. The minimum Gasteiger partial charge on any atom is -0.493 e. The van der Waals surface area contributed by atoms with E-state index in [1.165, 1.54) is 5.56 Å². The number of aliphatic imine (C=N–C) groups is 1. The van der Waals surface area contributed by atoms with E-state index in [9.17, 15) is 0 Å². The van der Waals surface area contributed by atoms with Crippen LogP contribution in [0.1, 0.15) is 32.0 Å². The number of methoxy groups -OCH3 is 2. The molecule has 6 nitrogen and oxygen atoms in total. The summed E-state index contributed by atoms with van der Waals surface area (Å²) in [5.74, 6) is 1.32. The lowest BCUT2D eigenvalue weighted by atomic mass is 9.86. The number of nitrogens with two attached hydrogens (primary N) is 2. The van der Waals surface area contributed by atoms with Crippen LogP contribution in [-0.4, -0.2) is 25.2 Å². The molecule has 0 saturated carbocycles. The number of nitrogens with zero attached hydrogens (tertiary/aromatic N) is 2. The number of hydrogen-bond acceptors (Lipinski definition) is 4. The molecular weight excluding hydrogens is 364 g/mol. The molecule has 0 atom stereocenters. The summed E-state index contributed by atoms with van der Waals surface area (Å²) in [7, 11) is 3.23. The third kappa shape index (κ3) is 4.42. The first-order chi connectivity index (χ1) is 13.7. The van der Waals surface area contributed by atoms with Crippen molar-refractivity contribution in [3.05, 3.63) is 53.7 Å². The van der Waals surface area contributed by atoms with Gasteiger partial charge in [-0.2, -0.15) is 0 Å². The minimum atomic E-state index is 0.0283. The Kier molecular flexibility index (Phi) is 5.64. The lowest BCUT2D eigenvalue weighted by Gasteiger charge is -2.20. The van der Waals surface area contributed by atoms with Crippen LogP contribution in [0.2, 0.25) is 0 Å². The first-order valence-corrected chi connectivity index (χ1v) is 9.45. The molecule has 0 aliphatic heterocycles. The van der Waals surface area contributed by atoms with E-state index >= 15 is 0 Å². The molecule has 3 rings (SSSR count). The van der Waals surface area contributed by atoms with Gasteiger partial charge in [-0.05, 0) is 40.6 Å². The summed E-state index contributed by atoms with van der Waals surface area (Å²) in [4.78, 5) is 9.05. The maximum atomic E-state index is 5.56. The molecule has 0 saturated heterocycles. The predicted octanol–water partition coefficient (Wildman–Crippen LogP) is 3.99. The highest BCUT2D eigenvalue weighted by atomic mass is 16.5. The summed E-state index contributed by atoms with van der Waals surface area (Å²) < 4.78 is 10.9. The van der Waals surface area contributed by atoms with E-state index < -0.39 is 0 Å². The number of ether oxygens (including phenoxy) is 2. The molecular formula is C23H28N4O2. The maximum Gasteiger partial charge on any atom is 0.186 e. The highest BCUT2D eigenvalue weighted by Gasteiger charge is 2.16. The van der Waals surface area contributed by atoms with Gasteiger partial charge < -0.3 is 20.9 Å². The molecule has 0 spiro atoms. The van der Waals surface area contributed by atoms with Crippen molar-refractivity contribution in [2.24, 2.45) is 16.5 Å². The summed E-state index contributed by atoms with van der Waals surface area (Å²) in [6, 6.07) is 14.4. The quantitative estimate of drug-likeness (QED) is 0.506. The van der Waals surface area contributed by atoms with Crippen molar-refractivity contribution < 1.29 is 9.47 Å². The van der Waals surface area contributed by atoms with E-state index in [-0.39, 0.29) is 17.9 Å². The molecule has 0 aliphatic rings. The Labute approximate surface area is 171 Å². The highest BCUT2D eigenvalue weighted by molar-refractivity contribution is 5.91. The third-order valence-electron chi connectivity index (χ3n) is 4.85. The first-order valence-electron chi connectivity index (χ1n) is 9.45. The molecule has 0 unspecified atom stereocenters. The summed E-state index contributed by atoms with van der Waals surface area (Å²) in [6.45, 7) is 6.87. The molecule has 4 N–H and O–H groups in total. The number of benzene rings is 2. The van der Waals surface area contributed by atoms with E-state index in [0.717, 1.165) is 27.7 Å². The van der Waals surface area contributed by atoms with Crippen LogP contribution in [0.15, 0.2) is 47.5 Å². The molecule has 0 radical (unpaired) electrons. The van der Waals surface area contributed by atoms with Gasteiger partial charge in [0.05, 0.1) is 32.2 Å². The van der Waals surface area contributed by atoms with Crippen molar-refractivity contribution >= 4 is 16.7 Å². The lowest BCUT2D eigenvalue weighted by molar-refractivity contribution is 0.356. The Morgan fingerprint density at radius 2 is 1.69 bits per heavy atom. The Bertz CT molecular complexity index is 1060. The molecule has 0 amide bonds. The van der Waals surface area contributed by atoms with Crippen LogP contribution in [0.4, 0.5) is 0 Å². The van der Waals surface area contributed by atoms with Gasteiger partial charge in [-0.25, -0.2) is 4.99 Å². The average Bonchev–Trinajstić information content (AvgIpc) is 2.70. The Morgan fingerprint density at radius 3 is 2.31 bits per heavy atom. The van der Waals surface area contributed by atoms with E-state index in [1.807, 2.05) is 12.1 Å². The summed E-state index contributed by atoms with van der Waals surface area (Å²) in [5, 5.41) is 1.90. The Hall–Kier alpha value is -3.28. The second-order valence-electron chi connectivity index (χ2n) is 7.95. The van der Waals surface area contributed by atoms with Gasteiger partial charge in [0, 0.05) is 10.9 Å². The van der Waals surface area contributed by atoms with Crippen LogP contribution < -0.4 is 20.9 Å². The van der Waals surface area contributed by atoms with Crippen LogP contribution in [0, 0.1) is 0 Å². The molecule has 0 aliphatic carbocycles. The molecule has 0 fully saturated rings. The number of aromatic nitrogens is 1. The average molecular weight is 393 g/mol. The van der Waals surface area contributed by atoms with Crippen molar-refractivity contribution in [2.45, 2.75) is 32.7 Å². The van der Waals surface area contributed by atoms with E-state index in [2.05, 4.69) is 56.1 Å². The van der Waals surface area contributed by atoms with Gasteiger partial charge in [0.2, 0.25) is 0 Å². The molecule has 3 aromatic rings. The monoisotopic (exact) mass is 392 g/mol. The first kappa shape index (κ1) is 20.5. The van der Waals surface area contributed by atoms with Gasteiger partial charge in [-0.15, -0.1) is 0 Å². The van der Waals surface area contributed by atoms with E-state index in [0.29, 0.717) is 11.5 Å². The third-order valence-corrected chi connectivity index (χ3v) is 4.85. The van der Waals surface area contributed by atoms with Gasteiger partial charge in [0.25, 0.3) is 0 Å². The summed E-state index contributed by atoms with van der Waals surface area (Å²) >= 11 is 0. The normalized spacial score (nSPS) is 11.3. The fourth-order valence-electron chi connectivity index (χ4n) is 3.23. The van der Waals surface area contributed by atoms with Crippen molar-refractivity contribution in [3.63, 3.8) is 0 Å². The molecule has 2 aromatic carbocycles. The molecule has 152 valence electrons. The zero-order valence-corrected chi connectivity index (χ0v) is 17.6. The van der Waals surface area contributed by atoms with Crippen molar-refractivity contribution in [3.8, 4) is 22.8 Å². The Balaban J connectivity index is 2.24. The predicted molar refractivity (Wildman–Crippen MR) is 118 cm³/mol. The topological polar surface area (TPSA) is 95.8 Å². The second kappa shape index (κ2) is 7.99. The van der Waals surface area contributed by atoms with Gasteiger partial charge in [-0.3, -0.25) is 4.98 Å². The molecule has 6 heteroatoms. The second-order valence-corrected chi connectivity index (χ2v) is 7.95. The number of fused-ring (bicyclic) bond motifs is 1. The number of rotatable bonds is 5. The molecule has 0 bridgehead atoms. The fraction of sp³-hybridized carbons (Fsp3) is 0.304. The van der Waals surface area contributed by atoms with Crippen molar-refractivity contribution in [1.82, 2.24) is 4.98 Å². The highest BCUT2D eigenvalue weighted by Crippen LogP contribution is 2.36. The van der Waals surface area contributed by atoms with E-state index in [4.69, 9.17) is 25.9 Å². The lowest BCUT2D eigenvalue weighted by Crippen LogP contribution is -2.22. The number of pyridine rings is 1. The van der Waals surface area contributed by atoms with Crippen molar-refractivity contribution in [1.29, 1.82) is 0 Å². The van der Waals surface area contributed by atoms with Crippen LogP contribution in [0.25, 0.3) is 22.0 Å².